The molecule has 0 aromatic rings. The third kappa shape index (κ3) is 49.0. The lowest BCUT2D eigenvalue weighted by Gasteiger charge is -2.18. The Morgan fingerprint density at radius 3 is 1.11 bits per heavy atom. The molecule has 0 radical (unpaired) electrons. The Bertz CT molecular complexity index is 1330. The molecule has 0 saturated heterocycles. The van der Waals surface area contributed by atoms with Crippen molar-refractivity contribution in [3.05, 3.63) is 109 Å². The van der Waals surface area contributed by atoms with Crippen LogP contribution in [0.4, 0.5) is 0 Å². The molecule has 0 heterocycles. The molecule has 1 atom stereocenters. The van der Waals surface area contributed by atoms with Crippen LogP contribution in [0.3, 0.4) is 0 Å². The molecule has 0 fully saturated rings. The quantitative estimate of drug-likeness (QED) is 0.0263. The highest BCUT2D eigenvalue weighted by molar-refractivity contribution is 5.71. The number of allylic oxidation sites excluding steroid dienone is 18. The normalized spacial score (nSPS) is 13.0. The number of hydrogen-bond acceptors (Lipinski definition) is 6. The highest BCUT2D eigenvalue weighted by atomic mass is 16.6. The van der Waals surface area contributed by atoms with Gasteiger partial charge in [0, 0.05) is 19.3 Å². The van der Waals surface area contributed by atoms with Crippen molar-refractivity contribution in [3.63, 3.8) is 0 Å². The molecule has 6 heteroatoms. The maximum atomic E-state index is 12.7. The highest BCUT2D eigenvalue weighted by Gasteiger charge is 2.19. The maximum absolute atomic E-state index is 12.7. The van der Waals surface area contributed by atoms with Crippen LogP contribution in [-0.4, -0.2) is 37.2 Å². The van der Waals surface area contributed by atoms with Crippen molar-refractivity contribution in [2.75, 3.05) is 13.2 Å². The van der Waals surface area contributed by atoms with Crippen molar-refractivity contribution in [1.29, 1.82) is 0 Å². The fourth-order valence-corrected chi connectivity index (χ4v) is 6.43. The Balaban J connectivity index is 4.44. The third-order valence-corrected chi connectivity index (χ3v) is 10.2. The van der Waals surface area contributed by atoms with E-state index in [0.717, 1.165) is 122 Å². The van der Waals surface area contributed by atoms with Gasteiger partial charge in [0.2, 0.25) is 0 Å². The van der Waals surface area contributed by atoms with E-state index in [0.29, 0.717) is 19.3 Å². The van der Waals surface area contributed by atoms with Crippen molar-refractivity contribution < 1.29 is 28.6 Å². The molecule has 0 spiro atoms. The topological polar surface area (TPSA) is 78.9 Å². The summed E-state index contributed by atoms with van der Waals surface area (Å²) in [6.45, 7) is 6.35. The van der Waals surface area contributed by atoms with Crippen LogP contribution in [0.1, 0.15) is 213 Å². The van der Waals surface area contributed by atoms with E-state index < -0.39 is 6.10 Å². The van der Waals surface area contributed by atoms with Gasteiger partial charge in [-0.15, -0.1) is 0 Å². The van der Waals surface area contributed by atoms with Crippen molar-refractivity contribution in [3.8, 4) is 0 Å². The summed E-state index contributed by atoms with van der Waals surface area (Å²) < 4.78 is 16.7. The molecule has 0 amide bonds. The van der Waals surface area contributed by atoms with Crippen LogP contribution in [0.25, 0.3) is 0 Å². The van der Waals surface area contributed by atoms with Crippen LogP contribution in [-0.2, 0) is 28.6 Å². The number of rotatable bonds is 44. The number of ether oxygens (including phenoxy) is 3. The standard InChI is InChI=1S/C57H92O6/c1-4-7-10-13-16-19-22-24-25-26-27-28-29-30-31-32-33-34-36-38-41-44-47-50-56(59)62-53-54(52-61-55(58)49-46-43-40-37-21-18-15-12-9-6-3)63-57(60)51-48-45-42-39-35-23-20-17-14-11-8-5-2/h7,10,12,15-17,19-20,24-25,27-28,30-31,33-34,38,41,54H,4-6,8-9,11,13-14,18,21-23,26,29,32,35-37,39-40,42-53H2,1-3H3/b10-7-,15-12-,19-16-,20-17-,25-24-,28-27-,31-30-,34-33-,41-38-. The second-order valence-corrected chi connectivity index (χ2v) is 16.3. The molecule has 63 heavy (non-hydrogen) atoms. The fraction of sp³-hybridized carbons (Fsp3) is 0.632. The minimum Gasteiger partial charge on any atom is -0.462 e. The molecule has 0 saturated carbocycles. The van der Waals surface area contributed by atoms with Crippen molar-refractivity contribution in [2.45, 2.75) is 219 Å². The van der Waals surface area contributed by atoms with Crippen LogP contribution in [0.5, 0.6) is 0 Å². The highest BCUT2D eigenvalue weighted by Crippen LogP contribution is 2.12. The van der Waals surface area contributed by atoms with Gasteiger partial charge in [-0.3, -0.25) is 14.4 Å². The van der Waals surface area contributed by atoms with Gasteiger partial charge in [-0.05, 0) is 116 Å². The minimum absolute atomic E-state index is 0.106. The van der Waals surface area contributed by atoms with E-state index in [-0.39, 0.29) is 37.5 Å². The molecule has 0 aliphatic carbocycles. The second kappa shape index (κ2) is 50.7. The zero-order valence-electron chi connectivity index (χ0n) is 40.5. The Labute approximate surface area is 387 Å². The Kier molecular flexibility index (Phi) is 47.5. The fourth-order valence-electron chi connectivity index (χ4n) is 6.43. The molecule has 0 N–H and O–H groups in total. The van der Waals surface area contributed by atoms with Crippen LogP contribution >= 0.6 is 0 Å². The van der Waals surface area contributed by atoms with E-state index in [4.69, 9.17) is 14.2 Å². The summed E-state index contributed by atoms with van der Waals surface area (Å²) in [5.41, 5.74) is 0. The number of esters is 3. The van der Waals surface area contributed by atoms with E-state index in [1.165, 1.54) is 44.9 Å². The minimum atomic E-state index is -0.809. The molecule has 356 valence electrons. The molecule has 0 aromatic heterocycles. The lowest BCUT2D eigenvalue weighted by molar-refractivity contribution is -0.167. The van der Waals surface area contributed by atoms with Crippen LogP contribution in [0, 0.1) is 0 Å². The molecule has 0 aromatic carbocycles. The SMILES string of the molecule is CC/C=C\C/C=C\C/C=C\C/C=C\C/C=C\C/C=C\C/C=C\CCCC(=O)OCC(COC(=O)CCCCCCC/C=C\CCC)OC(=O)CCCCCCC/C=C\CCCCC. The molecule has 0 rings (SSSR count). The predicted octanol–water partition coefficient (Wildman–Crippen LogP) is 16.8. The lowest BCUT2D eigenvalue weighted by atomic mass is 10.1. The van der Waals surface area contributed by atoms with Gasteiger partial charge in [0.1, 0.15) is 13.2 Å². The Hall–Kier alpha value is -3.93. The molecule has 0 aliphatic rings. The first kappa shape index (κ1) is 59.1. The summed E-state index contributed by atoms with van der Waals surface area (Å²) in [5.74, 6) is -0.996. The van der Waals surface area contributed by atoms with Crippen LogP contribution in [0.2, 0.25) is 0 Å². The zero-order chi connectivity index (χ0) is 45.8. The first-order valence-electron chi connectivity index (χ1n) is 25.4. The summed E-state index contributed by atoms with van der Waals surface area (Å²) in [4.78, 5) is 37.8. The van der Waals surface area contributed by atoms with Crippen molar-refractivity contribution in [2.24, 2.45) is 0 Å². The second-order valence-electron chi connectivity index (χ2n) is 16.3. The van der Waals surface area contributed by atoms with E-state index in [2.05, 4.69) is 130 Å². The van der Waals surface area contributed by atoms with Gasteiger partial charge >= 0.3 is 17.9 Å². The van der Waals surface area contributed by atoms with Gasteiger partial charge in [0.05, 0.1) is 0 Å². The van der Waals surface area contributed by atoms with E-state index in [9.17, 15) is 14.4 Å². The monoisotopic (exact) mass is 873 g/mol. The first-order valence-corrected chi connectivity index (χ1v) is 25.4. The van der Waals surface area contributed by atoms with Gasteiger partial charge in [0.15, 0.2) is 6.10 Å². The van der Waals surface area contributed by atoms with E-state index in [1.807, 2.05) is 0 Å². The maximum Gasteiger partial charge on any atom is 0.306 e. The molecular weight excluding hydrogens is 781 g/mol. The first-order chi connectivity index (χ1) is 31.0. The summed E-state index contributed by atoms with van der Waals surface area (Å²) >= 11 is 0. The summed E-state index contributed by atoms with van der Waals surface area (Å²) in [6, 6.07) is 0. The van der Waals surface area contributed by atoms with Gasteiger partial charge in [0.25, 0.3) is 0 Å². The Morgan fingerprint density at radius 2 is 0.667 bits per heavy atom. The summed E-state index contributed by atoms with van der Waals surface area (Å²) in [6.07, 6.45) is 68.0. The number of carbonyl (C=O) groups excluding carboxylic acids is 3. The van der Waals surface area contributed by atoms with E-state index in [1.54, 1.807) is 0 Å². The van der Waals surface area contributed by atoms with Crippen LogP contribution in [0.15, 0.2) is 109 Å². The van der Waals surface area contributed by atoms with Crippen molar-refractivity contribution >= 4 is 17.9 Å². The molecule has 6 nitrogen and oxygen atoms in total. The summed E-state index contributed by atoms with van der Waals surface area (Å²) in [7, 11) is 0. The number of carbonyl (C=O) groups is 3. The smallest absolute Gasteiger partial charge is 0.306 e. The van der Waals surface area contributed by atoms with Gasteiger partial charge in [-0.2, -0.15) is 0 Å². The van der Waals surface area contributed by atoms with Crippen molar-refractivity contribution in [1.82, 2.24) is 0 Å². The average molecular weight is 873 g/mol. The molecule has 1 unspecified atom stereocenters. The number of hydrogen-bond donors (Lipinski definition) is 0. The molecule has 0 aliphatic heterocycles. The van der Waals surface area contributed by atoms with Gasteiger partial charge < -0.3 is 14.2 Å². The molecular formula is C57H92O6. The predicted molar refractivity (Wildman–Crippen MR) is 270 cm³/mol. The van der Waals surface area contributed by atoms with Gasteiger partial charge in [-0.1, -0.05) is 188 Å². The van der Waals surface area contributed by atoms with E-state index >= 15 is 0 Å². The summed E-state index contributed by atoms with van der Waals surface area (Å²) in [5, 5.41) is 0. The Morgan fingerprint density at radius 1 is 0.333 bits per heavy atom. The average Bonchev–Trinajstić information content (AvgIpc) is 3.28. The van der Waals surface area contributed by atoms with Crippen LogP contribution < -0.4 is 0 Å². The zero-order valence-corrected chi connectivity index (χ0v) is 40.5. The van der Waals surface area contributed by atoms with Gasteiger partial charge in [-0.25, -0.2) is 0 Å². The largest absolute Gasteiger partial charge is 0.462 e. The third-order valence-electron chi connectivity index (χ3n) is 10.2. The number of unbranched alkanes of at least 4 members (excludes halogenated alkanes) is 15. The lowest BCUT2D eigenvalue weighted by Crippen LogP contribution is -2.30. The molecule has 0 bridgehead atoms.